The van der Waals surface area contributed by atoms with Crippen molar-refractivity contribution in [3.05, 3.63) is 28.6 Å². The van der Waals surface area contributed by atoms with Crippen LogP contribution in [0.15, 0.2) is 22.9 Å². The Hall–Kier alpha value is -1.93. The number of hydrogen-bond donors (Lipinski definition) is 0. The number of amides is 2. The third-order valence-electron chi connectivity index (χ3n) is 3.77. The van der Waals surface area contributed by atoms with Gasteiger partial charge in [0.25, 0.3) is 0 Å². The Kier molecular flexibility index (Phi) is 5.47. The molecule has 0 saturated carbocycles. The molecule has 2 amide bonds. The van der Waals surface area contributed by atoms with E-state index in [-0.39, 0.29) is 12.0 Å². The van der Waals surface area contributed by atoms with E-state index >= 15 is 0 Å². The molecule has 0 N–H and O–H groups in total. The van der Waals surface area contributed by atoms with Gasteiger partial charge < -0.3 is 14.5 Å². The molecular formula is C16H19N3O3S2. The first-order valence-corrected chi connectivity index (χ1v) is 9.61. The van der Waals surface area contributed by atoms with Crippen molar-refractivity contribution in [2.75, 3.05) is 32.8 Å². The Balaban J connectivity index is 1.52. The number of aromatic nitrogens is 1. The van der Waals surface area contributed by atoms with Crippen molar-refractivity contribution in [2.45, 2.75) is 13.3 Å². The average molecular weight is 365 g/mol. The van der Waals surface area contributed by atoms with Gasteiger partial charge in [-0.15, -0.1) is 22.7 Å². The van der Waals surface area contributed by atoms with Gasteiger partial charge in [0.1, 0.15) is 5.01 Å². The lowest BCUT2D eigenvalue weighted by atomic mass is 10.2. The molecule has 128 valence electrons. The number of carbonyl (C=O) groups excluding carboxylic acids is 2. The maximum Gasteiger partial charge on any atom is 0.409 e. The van der Waals surface area contributed by atoms with Crippen molar-refractivity contribution >= 4 is 34.7 Å². The fraction of sp³-hybridized carbons (Fsp3) is 0.438. The van der Waals surface area contributed by atoms with Crippen LogP contribution in [0.1, 0.15) is 12.6 Å². The van der Waals surface area contributed by atoms with Crippen molar-refractivity contribution in [3.63, 3.8) is 0 Å². The summed E-state index contributed by atoms with van der Waals surface area (Å²) in [7, 11) is 0. The van der Waals surface area contributed by atoms with Gasteiger partial charge in [0.15, 0.2) is 0 Å². The molecular weight excluding hydrogens is 346 g/mol. The molecule has 1 fully saturated rings. The third-order valence-corrected chi connectivity index (χ3v) is 5.70. The zero-order chi connectivity index (χ0) is 16.9. The molecule has 0 unspecified atom stereocenters. The summed E-state index contributed by atoms with van der Waals surface area (Å²) in [5.41, 5.74) is 0.807. The second-order valence-electron chi connectivity index (χ2n) is 5.36. The van der Waals surface area contributed by atoms with E-state index in [0.29, 0.717) is 39.2 Å². The quantitative estimate of drug-likeness (QED) is 0.836. The Bertz CT molecular complexity index is 691. The summed E-state index contributed by atoms with van der Waals surface area (Å²) >= 11 is 3.21. The number of thiophene rings is 1. The molecule has 8 heteroatoms. The van der Waals surface area contributed by atoms with Crippen LogP contribution >= 0.6 is 22.7 Å². The standard InChI is InChI=1S/C16H19N3O3S2/c1-2-22-16(21)19-7-5-18(6-8-19)14(20)10-12-11-24-15(17-12)13-4-3-9-23-13/h3-4,9,11H,2,5-8,10H2,1H3. The second-order valence-corrected chi connectivity index (χ2v) is 7.17. The topological polar surface area (TPSA) is 62.7 Å². The van der Waals surface area contributed by atoms with Crippen LogP contribution in [0.5, 0.6) is 0 Å². The molecule has 0 aliphatic carbocycles. The number of rotatable bonds is 4. The van der Waals surface area contributed by atoms with E-state index in [2.05, 4.69) is 4.98 Å². The van der Waals surface area contributed by atoms with Crippen LogP contribution < -0.4 is 0 Å². The molecule has 3 rings (SSSR count). The van der Waals surface area contributed by atoms with E-state index in [1.807, 2.05) is 22.9 Å². The molecule has 1 saturated heterocycles. The van der Waals surface area contributed by atoms with Gasteiger partial charge in [-0.2, -0.15) is 0 Å². The van der Waals surface area contributed by atoms with E-state index in [4.69, 9.17) is 4.74 Å². The highest BCUT2D eigenvalue weighted by Crippen LogP contribution is 2.28. The van der Waals surface area contributed by atoms with Crippen molar-refractivity contribution in [2.24, 2.45) is 0 Å². The van der Waals surface area contributed by atoms with Gasteiger partial charge in [-0.05, 0) is 18.4 Å². The minimum absolute atomic E-state index is 0.0570. The lowest BCUT2D eigenvalue weighted by Gasteiger charge is -2.34. The molecule has 6 nitrogen and oxygen atoms in total. The molecule has 0 radical (unpaired) electrons. The minimum Gasteiger partial charge on any atom is -0.450 e. The van der Waals surface area contributed by atoms with Crippen LogP contribution in [-0.4, -0.2) is 59.6 Å². The van der Waals surface area contributed by atoms with Crippen LogP contribution in [0.3, 0.4) is 0 Å². The molecule has 3 heterocycles. The molecule has 24 heavy (non-hydrogen) atoms. The monoisotopic (exact) mass is 365 g/mol. The van der Waals surface area contributed by atoms with Crippen molar-refractivity contribution in [1.82, 2.24) is 14.8 Å². The number of hydrogen-bond acceptors (Lipinski definition) is 6. The SMILES string of the molecule is CCOC(=O)N1CCN(C(=O)Cc2csc(-c3cccs3)n2)CC1. The summed E-state index contributed by atoms with van der Waals surface area (Å²) in [5.74, 6) is 0.0570. The van der Waals surface area contributed by atoms with Crippen molar-refractivity contribution < 1.29 is 14.3 Å². The van der Waals surface area contributed by atoms with Crippen molar-refractivity contribution in [1.29, 1.82) is 0 Å². The first-order chi connectivity index (χ1) is 11.7. The van der Waals surface area contributed by atoms with Crippen LogP contribution in [0.25, 0.3) is 9.88 Å². The van der Waals surface area contributed by atoms with E-state index in [1.165, 1.54) is 0 Å². The number of nitrogens with zero attached hydrogens (tertiary/aromatic N) is 3. The number of piperazine rings is 1. The maximum atomic E-state index is 12.4. The molecule has 1 aliphatic rings. The van der Waals surface area contributed by atoms with Gasteiger partial charge in [0.05, 0.1) is 23.6 Å². The fourth-order valence-corrected chi connectivity index (χ4v) is 4.16. The van der Waals surface area contributed by atoms with Crippen LogP contribution in [0.4, 0.5) is 4.79 Å². The van der Waals surface area contributed by atoms with E-state index < -0.39 is 0 Å². The van der Waals surface area contributed by atoms with E-state index in [9.17, 15) is 9.59 Å². The van der Waals surface area contributed by atoms with E-state index in [1.54, 1.807) is 39.4 Å². The van der Waals surface area contributed by atoms with Gasteiger partial charge in [-0.1, -0.05) is 6.07 Å². The maximum absolute atomic E-state index is 12.4. The normalized spacial score (nSPS) is 14.7. The zero-order valence-electron chi connectivity index (χ0n) is 13.4. The number of ether oxygens (including phenoxy) is 1. The molecule has 1 aliphatic heterocycles. The predicted molar refractivity (Wildman–Crippen MR) is 94.3 cm³/mol. The van der Waals surface area contributed by atoms with Crippen LogP contribution in [-0.2, 0) is 16.0 Å². The highest BCUT2D eigenvalue weighted by Gasteiger charge is 2.25. The Morgan fingerprint density at radius 1 is 1.21 bits per heavy atom. The summed E-state index contributed by atoms with van der Waals surface area (Å²) < 4.78 is 4.99. The van der Waals surface area contributed by atoms with Gasteiger partial charge in [-0.25, -0.2) is 9.78 Å². The zero-order valence-corrected chi connectivity index (χ0v) is 15.1. The van der Waals surface area contributed by atoms with Crippen LogP contribution in [0.2, 0.25) is 0 Å². The average Bonchev–Trinajstić information content (AvgIpc) is 3.26. The Morgan fingerprint density at radius 3 is 2.62 bits per heavy atom. The smallest absolute Gasteiger partial charge is 0.409 e. The van der Waals surface area contributed by atoms with Crippen LogP contribution in [0, 0.1) is 0 Å². The Labute approximate surface area is 148 Å². The lowest BCUT2D eigenvalue weighted by molar-refractivity contribution is -0.132. The summed E-state index contributed by atoms with van der Waals surface area (Å²) in [5, 5.41) is 4.92. The predicted octanol–water partition coefficient (Wildman–Crippen LogP) is 2.71. The van der Waals surface area contributed by atoms with E-state index in [0.717, 1.165) is 15.6 Å². The fourth-order valence-electron chi connectivity index (χ4n) is 2.52. The molecule has 0 aromatic carbocycles. The summed E-state index contributed by atoms with van der Waals surface area (Å²) in [6.07, 6.45) is 0.00561. The molecule has 0 atom stereocenters. The molecule has 0 spiro atoms. The van der Waals surface area contributed by atoms with Gasteiger partial charge in [0.2, 0.25) is 5.91 Å². The molecule has 2 aromatic heterocycles. The third kappa shape index (κ3) is 3.93. The van der Waals surface area contributed by atoms with Gasteiger partial charge in [0, 0.05) is 31.6 Å². The second kappa shape index (κ2) is 7.76. The van der Waals surface area contributed by atoms with Gasteiger partial charge in [-0.3, -0.25) is 4.79 Å². The Morgan fingerprint density at radius 2 is 1.96 bits per heavy atom. The molecule has 0 bridgehead atoms. The minimum atomic E-state index is -0.301. The summed E-state index contributed by atoms with van der Waals surface area (Å²) in [6.45, 7) is 4.27. The highest BCUT2D eigenvalue weighted by molar-refractivity contribution is 7.20. The van der Waals surface area contributed by atoms with Crippen molar-refractivity contribution in [3.8, 4) is 9.88 Å². The number of carbonyl (C=O) groups is 2. The van der Waals surface area contributed by atoms with Gasteiger partial charge >= 0.3 is 6.09 Å². The first-order valence-electron chi connectivity index (χ1n) is 7.85. The first kappa shape index (κ1) is 16.9. The summed E-state index contributed by atoms with van der Waals surface area (Å²) in [4.78, 5) is 33.2. The molecule has 2 aromatic rings. The lowest BCUT2D eigenvalue weighted by Crippen LogP contribution is -2.51. The highest BCUT2D eigenvalue weighted by atomic mass is 32.1. The largest absolute Gasteiger partial charge is 0.450 e. The number of thiazole rings is 1. The summed E-state index contributed by atoms with van der Waals surface area (Å²) in [6, 6.07) is 4.03.